The highest BCUT2D eigenvalue weighted by Crippen LogP contribution is 2.37. The zero-order valence-corrected chi connectivity index (χ0v) is 25.0. The third kappa shape index (κ3) is 8.12. The van der Waals surface area contributed by atoms with Gasteiger partial charge >= 0.3 is 6.09 Å². The van der Waals surface area contributed by atoms with Crippen LogP contribution in [0.5, 0.6) is 5.75 Å². The number of hydrogen-bond acceptors (Lipinski definition) is 5. The van der Waals surface area contributed by atoms with Crippen molar-refractivity contribution in [1.82, 2.24) is 15.5 Å². The van der Waals surface area contributed by atoms with Crippen LogP contribution in [0.2, 0.25) is 0 Å². The van der Waals surface area contributed by atoms with E-state index in [0.717, 1.165) is 40.7 Å². The summed E-state index contributed by atoms with van der Waals surface area (Å²) in [6.07, 6.45) is 0.967. The summed E-state index contributed by atoms with van der Waals surface area (Å²) in [7, 11) is 0. The number of ether oxygens (including phenoxy) is 1. The fourth-order valence-electron chi connectivity index (χ4n) is 4.94. The van der Waals surface area contributed by atoms with E-state index < -0.39 is 23.8 Å². The van der Waals surface area contributed by atoms with Crippen LogP contribution < -0.4 is 10.6 Å². The molecule has 3 aromatic rings. The van der Waals surface area contributed by atoms with Gasteiger partial charge in [-0.25, -0.2) is 4.79 Å². The molecule has 0 heterocycles. The molecule has 8 nitrogen and oxygen atoms in total. The lowest BCUT2D eigenvalue weighted by molar-refractivity contribution is -0.143. The van der Waals surface area contributed by atoms with Gasteiger partial charge in [-0.15, -0.1) is 0 Å². The summed E-state index contributed by atoms with van der Waals surface area (Å²) in [4.78, 5) is 43.1. The van der Waals surface area contributed by atoms with Crippen molar-refractivity contribution in [2.45, 2.75) is 84.2 Å². The Morgan fingerprint density at radius 3 is 2.21 bits per heavy atom. The Kier molecular flexibility index (Phi) is 9.55. The molecule has 1 aliphatic carbocycles. The average Bonchev–Trinajstić information content (AvgIpc) is 3.77. The number of nitrogens with zero attached hydrogens (tertiary/aromatic N) is 1. The van der Waals surface area contributed by atoms with Gasteiger partial charge in [0.1, 0.15) is 23.4 Å². The molecule has 3 amide bonds. The normalized spacial score (nSPS) is 14.4. The van der Waals surface area contributed by atoms with E-state index in [1.807, 2.05) is 62.4 Å². The van der Waals surface area contributed by atoms with E-state index in [9.17, 15) is 19.5 Å². The van der Waals surface area contributed by atoms with Gasteiger partial charge in [0.2, 0.25) is 11.8 Å². The first-order chi connectivity index (χ1) is 19.9. The molecule has 4 rings (SSSR count). The van der Waals surface area contributed by atoms with Crippen LogP contribution in [0.4, 0.5) is 4.79 Å². The van der Waals surface area contributed by atoms with Crippen LogP contribution in [0.3, 0.4) is 0 Å². The van der Waals surface area contributed by atoms with Gasteiger partial charge < -0.3 is 25.4 Å². The Balaban J connectivity index is 1.71. The minimum atomic E-state index is -1.00. The summed E-state index contributed by atoms with van der Waals surface area (Å²) in [6.45, 7) is 9.54. The Bertz CT molecular complexity index is 1390. The molecule has 0 saturated heterocycles. The van der Waals surface area contributed by atoms with Crippen LogP contribution in [-0.4, -0.2) is 45.6 Å². The Morgan fingerprint density at radius 1 is 0.929 bits per heavy atom. The number of carbonyl (C=O) groups excluding carboxylic acids is 3. The summed E-state index contributed by atoms with van der Waals surface area (Å²) in [5.74, 6) is -0.544. The molecular formula is C34H41N3O5. The van der Waals surface area contributed by atoms with Crippen molar-refractivity contribution in [2.75, 3.05) is 0 Å². The number of phenolic OH excluding ortho intramolecular Hbond substituents is 1. The molecule has 0 aromatic heterocycles. The van der Waals surface area contributed by atoms with Crippen molar-refractivity contribution in [1.29, 1.82) is 0 Å². The first kappa shape index (κ1) is 30.6. The highest BCUT2D eigenvalue weighted by atomic mass is 16.6. The molecule has 42 heavy (non-hydrogen) atoms. The maximum Gasteiger partial charge on any atom is 0.408 e. The van der Waals surface area contributed by atoms with Crippen molar-refractivity contribution >= 4 is 17.9 Å². The topological polar surface area (TPSA) is 108 Å². The standard InChI is InChI=1S/C34H41N3O5/c1-22-10-9-13-28(23(22)2)30(31(39)35-21-25-11-7-6-8-12-25)37(26-16-17-26)32(40)29(36-33(41)42-34(3,4)5)20-24-14-18-27(38)19-15-24/h6-15,18-19,26,29-30,38H,16-17,20-21H2,1-5H3,(H,35,39)(H,36,41). The Labute approximate surface area is 248 Å². The lowest BCUT2D eigenvalue weighted by atomic mass is 9.94. The SMILES string of the molecule is Cc1cccc(C(C(=O)NCc2ccccc2)N(C(=O)C(Cc2ccc(O)cc2)NC(=O)OC(C)(C)C)C2CC2)c1C. The van der Waals surface area contributed by atoms with Crippen molar-refractivity contribution in [3.63, 3.8) is 0 Å². The Hall–Kier alpha value is -4.33. The molecule has 222 valence electrons. The van der Waals surface area contributed by atoms with Crippen LogP contribution in [0.15, 0.2) is 72.8 Å². The van der Waals surface area contributed by atoms with Gasteiger partial charge in [-0.1, -0.05) is 60.7 Å². The summed E-state index contributed by atoms with van der Waals surface area (Å²) in [5.41, 5.74) is 3.64. The highest BCUT2D eigenvalue weighted by Gasteiger charge is 2.44. The van der Waals surface area contributed by atoms with E-state index in [2.05, 4.69) is 10.6 Å². The fraction of sp³-hybridized carbons (Fsp3) is 0.382. The summed E-state index contributed by atoms with van der Waals surface area (Å²) < 4.78 is 5.51. The molecule has 0 spiro atoms. The number of benzene rings is 3. The second-order valence-electron chi connectivity index (χ2n) is 11.9. The van der Waals surface area contributed by atoms with E-state index >= 15 is 0 Å². The largest absolute Gasteiger partial charge is 0.508 e. The van der Waals surface area contributed by atoms with E-state index in [0.29, 0.717) is 6.54 Å². The minimum Gasteiger partial charge on any atom is -0.508 e. The number of nitrogens with one attached hydrogen (secondary N) is 2. The summed E-state index contributed by atoms with van der Waals surface area (Å²) in [6, 6.07) is 19.9. The maximum absolute atomic E-state index is 14.5. The first-order valence-corrected chi connectivity index (χ1v) is 14.4. The van der Waals surface area contributed by atoms with Crippen molar-refractivity contribution in [3.05, 3.63) is 101 Å². The van der Waals surface area contributed by atoms with Crippen LogP contribution in [-0.2, 0) is 27.3 Å². The monoisotopic (exact) mass is 571 g/mol. The van der Waals surface area contributed by atoms with Crippen LogP contribution >= 0.6 is 0 Å². The van der Waals surface area contributed by atoms with Crippen LogP contribution in [0.1, 0.15) is 67.5 Å². The number of aromatic hydroxyl groups is 1. The second kappa shape index (κ2) is 13.1. The smallest absolute Gasteiger partial charge is 0.408 e. The number of rotatable bonds is 10. The van der Waals surface area contributed by atoms with Gasteiger partial charge in [0.25, 0.3) is 0 Å². The number of aryl methyl sites for hydroxylation is 1. The van der Waals surface area contributed by atoms with Gasteiger partial charge in [0.15, 0.2) is 0 Å². The molecule has 8 heteroatoms. The van der Waals surface area contributed by atoms with Crippen LogP contribution in [0.25, 0.3) is 0 Å². The number of alkyl carbamates (subject to hydrolysis) is 1. The van der Waals surface area contributed by atoms with Gasteiger partial charge in [-0.05, 0) is 87.4 Å². The molecule has 1 saturated carbocycles. The summed E-state index contributed by atoms with van der Waals surface area (Å²) >= 11 is 0. The third-order valence-corrected chi connectivity index (χ3v) is 7.34. The molecule has 2 unspecified atom stereocenters. The number of carbonyl (C=O) groups is 3. The highest BCUT2D eigenvalue weighted by molar-refractivity contribution is 5.93. The Morgan fingerprint density at radius 2 is 1.60 bits per heavy atom. The number of hydrogen-bond donors (Lipinski definition) is 3. The average molecular weight is 572 g/mol. The lowest BCUT2D eigenvalue weighted by Crippen LogP contribution is -2.54. The molecule has 0 aliphatic heterocycles. The first-order valence-electron chi connectivity index (χ1n) is 14.4. The van der Waals surface area contributed by atoms with Gasteiger partial charge in [0.05, 0.1) is 0 Å². The van der Waals surface area contributed by atoms with E-state index in [-0.39, 0.29) is 30.0 Å². The quantitative estimate of drug-likeness (QED) is 0.298. The maximum atomic E-state index is 14.5. The molecule has 1 aliphatic rings. The number of amides is 3. The fourth-order valence-corrected chi connectivity index (χ4v) is 4.94. The zero-order chi connectivity index (χ0) is 30.4. The molecule has 0 bridgehead atoms. The zero-order valence-electron chi connectivity index (χ0n) is 25.0. The number of phenols is 1. The molecule has 3 aromatic carbocycles. The van der Waals surface area contributed by atoms with E-state index in [1.54, 1.807) is 49.9 Å². The van der Waals surface area contributed by atoms with Crippen molar-refractivity contribution in [2.24, 2.45) is 0 Å². The molecular weight excluding hydrogens is 530 g/mol. The van der Waals surface area contributed by atoms with Crippen molar-refractivity contribution in [3.8, 4) is 5.75 Å². The van der Waals surface area contributed by atoms with E-state index in [1.165, 1.54) is 0 Å². The predicted octanol–water partition coefficient (Wildman–Crippen LogP) is 5.49. The molecule has 2 atom stereocenters. The minimum absolute atomic E-state index is 0.103. The van der Waals surface area contributed by atoms with Gasteiger partial charge in [-0.3, -0.25) is 9.59 Å². The predicted molar refractivity (Wildman–Crippen MR) is 162 cm³/mol. The third-order valence-electron chi connectivity index (χ3n) is 7.34. The van der Waals surface area contributed by atoms with Crippen LogP contribution in [0, 0.1) is 13.8 Å². The second-order valence-corrected chi connectivity index (χ2v) is 11.9. The lowest BCUT2D eigenvalue weighted by Gasteiger charge is -2.35. The van der Waals surface area contributed by atoms with Crippen molar-refractivity contribution < 1.29 is 24.2 Å². The molecule has 3 N–H and O–H groups in total. The van der Waals surface area contributed by atoms with Gasteiger partial charge in [0, 0.05) is 19.0 Å². The van der Waals surface area contributed by atoms with E-state index in [4.69, 9.17) is 4.74 Å². The summed E-state index contributed by atoms with van der Waals surface area (Å²) in [5, 5.41) is 15.6. The molecule has 1 fully saturated rings. The van der Waals surface area contributed by atoms with Gasteiger partial charge in [-0.2, -0.15) is 0 Å². The molecule has 0 radical (unpaired) electrons.